The van der Waals surface area contributed by atoms with Gasteiger partial charge in [0, 0.05) is 25.1 Å². The molecule has 1 aliphatic heterocycles. The van der Waals surface area contributed by atoms with Gasteiger partial charge in [0.25, 0.3) is 0 Å². The maximum Gasteiger partial charge on any atom is 0.230 e. The van der Waals surface area contributed by atoms with Crippen LogP contribution in [0.1, 0.15) is 56.3 Å². The standard InChI is InChI=1S/C15H22N4O2S/c20-13(16-8-12-2-1-7-21-12)9-22-15-18-17-14(10-3-4-10)19(15)11-5-6-11/h10-12H,1-9H2,(H,16,20)/t12-/m1/s1. The molecule has 0 unspecified atom stereocenters. The van der Waals surface area contributed by atoms with Gasteiger partial charge in [0.2, 0.25) is 5.91 Å². The molecule has 6 nitrogen and oxygen atoms in total. The number of nitrogens with zero attached hydrogens (tertiary/aromatic N) is 3. The smallest absolute Gasteiger partial charge is 0.230 e. The lowest BCUT2D eigenvalue weighted by Gasteiger charge is -2.11. The number of nitrogens with one attached hydrogen (secondary N) is 1. The number of aromatic nitrogens is 3. The largest absolute Gasteiger partial charge is 0.376 e. The minimum absolute atomic E-state index is 0.0545. The van der Waals surface area contributed by atoms with E-state index >= 15 is 0 Å². The Morgan fingerprint density at radius 1 is 1.27 bits per heavy atom. The molecule has 3 aliphatic rings. The van der Waals surface area contributed by atoms with Gasteiger partial charge in [-0.15, -0.1) is 10.2 Å². The molecule has 22 heavy (non-hydrogen) atoms. The fourth-order valence-corrected chi connectivity index (χ4v) is 3.74. The SMILES string of the molecule is O=C(CSc1nnc(C2CC2)n1C1CC1)NC[C@H]1CCCO1. The van der Waals surface area contributed by atoms with Gasteiger partial charge in [-0.25, -0.2) is 0 Å². The lowest BCUT2D eigenvalue weighted by Crippen LogP contribution is -2.32. The zero-order valence-electron chi connectivity index (χ0n) is 12.7. The summed E-state index contributed by atoms with van der Waals surface area (Å²) in [7, 11) is 0. The summed E-state index contributed by atoms with van der Waals surface area (Å²) in [6, 6.07) is 0.572. The summed E-state index contributed by atoms with van der Waals surface area (Å²) in [5.41, 5.74) is 0. The van der Waals surface area contributed by atoms with Crippen LogP contribution in [0, 0.1) is 0 Å². The van der Waals surface area contributed by atoms with Crippen molar-refractivity contribution in [1.82, 2.24) is 20.1 Å². The molecule has 1 N–H and O–H groups in total. The van der Waals surface area contributed by atoms with Crippen LogP contribution in [0.15, 0.2) is 5.16 Å². The molecule has 1 amide bonds. The van der Waals surface area contributed by atoms with Gasteiger partial charge in [0.1, 0.15) is 5.82 Å². The summed E-state index contributed by atoms with van der Waals surface area (Å²) in [5, 5.41) is 12.6. The van der Waals surface area contributed by atoms with Gasteiger partial charge in [-0.3, -0.25) is 4.79 Å². The molecule has 2 saturated carbocycles. The molecular formula is C15H22N4O2S. The number of carbonyl (C=O) groups is 1. The summed E-state index contributed by atoms with van der Waals surface area (Å²) >= 11 is 1.51. The first-order valence-corrected chi connectivity index (χ1v) is 9.25. The second-order valence-electron chi connectivity index (χ2n) is 6.44. The Hall–Kier alpha value is -1.08. The molecule has 0 radical (unpaired) electrons. The molecule has 0 aromatic carbocycles. The van der Waals surface area contributed by atoms with Crippen molar-refractivity contribution in [2.75, 3.05) is 18.9 Å². The molecule has 1 atom stereocenters. The third-order valence-electron chi connectivity index (χ3n) is 4.43. The fraction of sp³-hybridized carbons (Fsp3) is 0.800. The van der Waals surface area contributed by atoms with Crippen LogP contribution in [0.25, 0.3) is 0 Å². The maximum atomic E-state index is 12.0. The van der Waals surface area contributed by atoms with Crippen molar-refractivity contribution in [1.29, 1.82) is 0 Å². The molecule has 3 fully saturated rings. The average molecular weight is 322 g/mol. The zero-order valence-corrected chi connectivity index (χ0v) is 13.5. The topological polar surface area (TPSA) is 69.0 Å². The van der Waals surface area contributed by atoms with E-state index in [9.17, 15) is 4.79 Å². The highest BCUT2D eigenvalue weighted by atomic mass is 32.2. The van der Waals surface area contributed by atoms with E-state index in [1.807, 2.05) is 0 Å². The van der Waals surface area contributed by atoms with Crippen LogP contribution in [0.4, 0.5) is 0 Å². The van der Waals surface area contributed by atoms with Gasteiger partial charge in [0.15, 0.2) is 5.16 Å². The molecule has 7 heteroatoms. The zero-order chi connectivity index (χ0) is 14.9. The normalized spacial score (nSPS) is 24.6. The number of ether oxygens (including phenoxy) is 1. The van der Waals surface area contributed by atoms with Gasteiger partial charge >= 0.3 is 0 Å². The summed E-state index contributed by atoms with van der Waals surface area (Å²) in [5.74, 6) is 2.21. The van der Waals surface area contributed by atoms with Crippen LogP contribution in [-0.2, 0) is 9.53 Å². The lowest BCUT2D eigenvalue weighted by molar-refractivity contribution is -0.119. The predicted molar refractivity (Wildman–Crippen MR) is 83.0 cm³/mol. The van der Waals surface area contributed by atoms with Gasteiger partial charge in [-0.2, -0.15) is 0 Å². The molecule has 4 rings (SSSR count). The molecular weight excluding hydrogens is 300 g/mol. The highest BCUT2D eigenvalue weighted by Gasteiger charge is 2.36. The van der Waals surface area contributed by atoms with Crippen molar-refractivity contribution >= 4 is 17.7 Å². The van der Waals surface area contributed by atoms with Crippen LogP contribution in [0.3, 0.4) is 0 Å². The summed E-state index contributed by atoms with van der Waals surface area (Å²) in [4.78, 5) is 12.0. The number of hydrogen-bond acceptors (Lipinski definition) is 5. The first-order chi connectivity index (χ1) is 10.8. The number of hydrogen-bond donors (Lipinski definition) is 1. The van der Waals surface area contributed by atoms with Crippen LogP contribution in [0.5, 0.6) is 0 Å². The Morgan fingerprint density at radius 3 is 2.82 bits per heavy atom. The molecule has 1 saturated heterocycles. The Bertz CT molecular complexity index is 548. The van der Waals surface area contributed by atoms with E-state index in [0.717, 1.165) is 30.4 Å². The number of thioether (sulfide) groups is 1. The Morgan fingerprint density at radius 2 is 2.14 bits per heavy atom. The van der Waals surface area contributed by atoms with E-state index in [2.05, 4.69) is 20.1 Å². The van der Waals surface area contributed by atoms with Crippen LogP contribution < -0.4 is 5.32 Å². The maximum absolute atomic E-state index is 12.0. The van der Waals surface area contributed by atoms with Crippen molar-refractivity contribution in [2.45, 2.75) is 61.7 Å². The lowest BCUT2D eigenvalue weighted by atomic mass is 10.2. The monoisotopic (exact) mass is 322 g/mol. The Balaban J connectivity index is 1.30. The van der Waals surface area contributed by atoms with Crippen molar-refractivity contribution in [3.8, 4) is 0 Å². The first kappa shape index (κ1) is 14.5. The molecule has 0 bridgehead atoms. The Labute approximate surface area is 134 Å². The minimum atomic E-state index is 0.0545. The fourth-order valence-electron chi connectivity index (χ4n) is 2.90. The van der Waals surface area contributed by atoms with E-state index < -0.39 is 0 Å². The average Bonchev–Trinajstić information content (AvgIpc) is 3.45. The van der Waals surface area contributed by atoms with Gasteiger partial charge < -0.3 is 14.6 Å². The van der Waals surface area contributed by atoms with Gasteiger partial charge in [-0.05, 0) is 38.5 Å². The summed E-state index contributed by atoms with van der Waals surface area (Å²) in [6.45, 7) is 1.45. The molecule has 1 aromatic rings. The molecule has 1 aromatic heterocycles. The van der Waals surface area contributed by atoms with E-state index in [1.54, 1.807) is 0 Å². The van der Waals surface area contributed by atoms with Crippen LogP contribution >= 0.6 is 11.8 Å². The van der Waals surface area contributed by atoms with Gasteiger partial charge in [0.05, 0.1) is 11.9 Å². The predicted octanol–water partition coefficient (Wildman–Crippen LogP) is 1.88. The summed E-state index contributed by atoms with van der Waals surface area (Å²) < 4.78 is 7.80. The Kier molecular flexibility index (Phi) is 4.09. The molecule has 0 spiro atoms. The third kappa shape index (κ3) is 3.30. The second kappa shape index (κ2) is 6.20. The van der Waals surface area contributed by atoms with E-state index in [0.29, 0.717) is 24.3 Å². The quantitative estimate of drug-likeness (QED) is 0.776. The van der Waals surface area contributed by atoms with Gasteiger partial charge in [-0.1, -0.05) is 11.8 Å². The third-order valence-corrected chi connectivity index (χ3v) is 5.37. The van der Waals surface area contributed by atoms with Crippen LogP contribution in [0.2, 0.25) is 0 Å². The van der Waals surface area contributed by atoms with Crippen molar-refractivity contribution in [3.05, 3.63) is 5.82 Å². The number of rotatable bonds is 7. The minimum Gasteiger partial charge on any atom is -0.376 e. The van der Waals surface area contributed by atoms with Crippen molar-refractivity contribution in [3.63, 3.8) is 0 Å². The second-order valence-corrected chi connectivity index (χ2v) is 7.39. The summed E-state index contributed by atoms with van der Waals surface area (Å²) in [6.07, 6.45) is 7.25. The van der Waals surface area contributed by atoms with Crippen LogP contribution in [-0.4, -0.2) is 45.7 Å². The van der Waals surface area contributed by atoms with E-state index in [-0.39, 0.29) is 12.0 Å². The highest BCUT2D eigenvalue weighted by Crippen LogP contribution is 2.45. The van der Waals surface area contributed by atoms with E-state index in [4.69, 9.17) is 4.74 Å². The molecule has 120 valence electrons. The van der Waals surface area contributed by atoms with Crippen molar-refractivity contribution in [2.24, 2.45) is 0 Å². The molecule has 2 heterocycles. The first-order valence-electron chi connectivity index (χ1n) is 8.27. The molecule has 2 aliphatic carbocycles. The number of amides is 1. The number of carbonyl (C=O) groups excluding carboxylic acids is 1. The van der Waals surface area contributed by atoms with Crippen molar-refractivity contribution < 1.29 is 9.53 Å². The van der Waals surface area contributed by atoms with E-state index in [1.165, 1.54) is 37.4 Å². The highest BCUT2D eigenvalue weighted by molar-refractivity contribution is 7.99.